The second kappa shape index (κ2) is 5.49. The maximum atomic E-state index is 5.41. The van der Waals surface area contributed by atoms with Crippen LogP contribution in [0.4, 0.5) is 11.8 Å². The minimum Gasteiger partial charge on any atom is -0.378 e. The lowest BCUT2D eigenvalue weighted by molar-refractivity contribution is 0.122. The SMILES string of the molecule is Cc1ncc(-c2nc(N3CCOCC3)nc3c2CCN3)cn1. The van der Waals surface area contributed by atoms with Crippen LogP contribution < -0.4 is 10.2 Å². The second-order valence-electron chi connectivity index (χ2n) is 5.49. The molecule has 0 atom stereocenters. The molecule has 0 unspecified atom stereocenters. The molecule has 2 aliphatic rings. The summed E-state index contributed by atoms with van der Waals surface area (Å²) >= 11 is 0. The molecule has 2 aromatic rings. The van der Waals surface area contributed by atoms with Gasteiger partial charge in [0, 0.05) is 43.2 Å². The summed E-state index contributed by atoms with van der Waals surface area (Å²) in [6.07, 6.45) is 4.61. The molecule has 0 radical (unpaired) electrons. The summed E-state index contributed by atoms with van der Waals surface area (Å²) in [6.45, 7) is 5.87. The molecule has 1 fully saturated rings. The van der Waals surface area contributed by atoms with E-state index in [2.05, 4.69) is 25.2 Å². The van der Waals surface area contributed by atoms with Gasteiger partial charge in [0.1, 0.15) is 11.6 Å². The molecular formula is C15H18N6O. The van der Waals surface area contributed by atoms with E-state index in [0.717, 1.165) is 73.7 Å². The van der Waals surface area contributed by atoms with Crippen LogP contribution in [-0.4, -0.2) is 52.8 Å². The molecule has 0 saturated carbocycles. The zero-order valence-corrected chi connectivity index (χ0v) is 12.5. The van der Waals surface area contributed by atoms with Crippen molar-refractivity contribution < 1.29 is 4.74 Å². The molecule has 0 amide bonds. The van der Waals surface area contributed by atoms with Gasteiger partial charge in [0.25, 0.3) is 0 Å². The van der Waals surface area contributed by atoms with Crippen molar-refractivity contribution in [2.45, 2.75) is 13.3 Å². The summed E-state index contributed by atoms with van der Waals surface area (Å²) in [5, 5.41) is 3.35. The Morgan fingerprint density at radius 1 is 1.14 bits per heavy atom. The van der Waals surface area contributed by atoms with Crippen LogP contribution in [0.25, 0.3) is 11.3 Å². The Bertz CT molecular complexity index is 681. The molecule has 0 aromatic carbocycles. The topological polar surface area (TPSA) is 76.1 Å². The van der Waals surface area contributed by atoms with E-state index in [0.29, 0.717) is 0 Å². The third kappa shape index (κ3) is 2.37. The van der Waals surface area contributed by atoms with Crippen LogP contribution in [0, 0.1) is 6.92 Å². The smallest absolute Gasteiger partial charge is 0.228 e. The first-order valence-electron chi connectivity index (χ1n) is 7.58. The molecule has 114 valence electrons. The number of morpholine rings is 1. The predicted octanol–water partition coefficient (Wildman–Crippen LogP) is 1.05. The van der Waals surface area contributed by atoms with E-state index in [9.17, 15) is 0 Å². The average molecular weight is 298 g/mol. The molecule has 0 aliphatic carbocycles. The summed E-state index contributed by atoms with van der Waals surface area (Å²) in [6, 6.07) is 0. The van der Waals surface area contributed by atoms with Gasteiger partial charge in [-0.1, -0.05) is 0 Å². The molecule has 0 spiro atoms. The zero-order chi connectivity index (χ0) is 14.9. The molecular weight excluding hydrogens is 280 g/mol. The van der Waals surface area contributed by atoms with Gasteiger partial charge in [-0.05, 0) is 13.3 Å². The van der Waals surface area contributed by atoms with E-state index < -0.39 is 0 Å². The molecule has 1 N–H and O–H groups in total. The Labute approximate surface area is 128 Å². The van der Waals surface area contributed by atoms with Gasteiger partial charge in [0.15, 0.2) is 0 Å². The summed E-state index contributed by atoms with van der Waals surface area (Å²) in [7, 11) is 0. The number of anilines is 2. The first kappa shape index (κ1) is 13.4. The van der Waals surface area contributed by atoms with Crippen molar-refractivity contribution in [2.24, 2.45) is 0 Å². The number of hydrogen-bond donors (Lipinski definition) is 1. The summed E-state index contributed by atoms with van der Waals surface area (Å²) in [4.78, 5) is 20.3. The van der Waals surface area contributed by atoms with Crippen molar-refractivity contribution >= 4 is 11.8 Å². The number of rotatable bonds is 2. The number of aromatic nitrogens is 4. The zero-order valence-electron chi connectivity index (χ0n) is 12.5. The third-order valence-corrected chi connectivity index (χ3v) is 4.01. The van der Waals surface area contributed by atoms with Crippen LogP contribution in [0.5, 0.6) is 0 Å². The fourth-order valence-electron chi connectivity index (χ4n) is 2.82. The van der Waals surface area contributed by atoms with Gasteiger partial charge in [-0.3, -0.25) is 0 Å². The van der Waals surface area contributed by atoms with Crippen molar-refractivity contribution in [3.63, 3.8) is 0 Å². The molecule has 22 heavy (non-hydrogen) atoms. The van der Waals surface area contributed by atoms with Gasteiger partial charge < -0.3 is 15.0 Å². The van der Waals surface area contributed by atoms with Gasteiger partial charge in [0.05, 0.1) is 18.9 Å². The second-order valence-corrected chi connectivity index (χ2v) is 5.49. The lowest BCUT2D eigenvalue weighted by atomic mass is 10.1. The summed E-state index contributed by atoms with van der Waals surface area (Å²) < 4.78 is 5.41. The fraction of sp³-hybridized carbons (Fsp3) is 0.467. The van der Waals surface area contributed by atoms with Crippen LogP contribution in [0.1, 0.15) is 11.4 Å². The standard InChI is InChI=1S/C15H18N6O/c1-10-17-8-11(9-18-10)13-12-2-3-16-14(12)20-15(19-13)21-4-6-22-7-5-21/h8-9H,2-7H2,1H3,(H,16,19,20). The lowest BCUT2D eigenvalue weighted by Crippen LogP contribution is -2.37. The van der Waals surface area contributed by atoms with Crippen LogP contribution >= 0.6 is 0 Å². The number of nitrogens with zero attached hydrogens (tertiary/aromatic N) is 5. The minimum absolute atomic E-state index is 0.719. The van der Waals surface area contributed by atoms with E-state index in [1.165, 1.54) is 0 Å². The first-order chi connectivity index (χ1) is 10.8. The van der Waals surface area contributed by atoms with Crippen molar-refractivity contribution in [1.29, 1.82) is 0 Å². The van der Waals surface area contributed by atoms with Crippen LogP contribution in [0.3, 0.4) is 0 Å². The number of hydrogen-bond acceptors (Lipinski definition) is 7. The summed E-state index contributed by atoms with van der Waals surface area (Å²) in [5.74, 6) is 2.46. The highest BCUT2D eigenvalue weighted by Gasteiger charge is 2.23. The maximum absolute atomic E-state index is 5.41. The number of aryl methyl sites for hydroxylation is 1. The first-order valence-corrected chi connectivity index (χ1v) is 7.58. The molecule has 2 aromatic heterocycles. The molecule has 4 heterocycles. The van der Waals surface area contributed by atoms with E-state index in [1.807, 2.05) is 19.3 Å². The van der Waals surface area contributed by atoms with Gasteiger partial charge in [0.2, 0.25) is 5.95 Å². The molecule has 0 bridgehead atoms. The van der Waals surface area contributed by atoms with Crippen LogP contribution in [-0.2, 0) is 11.2 Å². The molecule has 7 nitrogen and oxygen atoms in total. The van der Waals surface area contributed by atoms with Crippen LogP contribution in [0.15, 0.2) is 12.4 Å². The molecule has 4 rings (SSSR count). The lowest BCUT2D eigenvalue weighted by Gasteiger charge is -2.27. The van der Waals surface area contributed by atoms with Crippen molar-refractivity contribution in [1.82, 2.24) is 19.9 Å². The molecule has 2 aliphatic heterocycles. The quantitative estimate of drug-likeness (QED) is 0.888. The molecule has 1 saturated heterocycles. The average Bonchev–Trinajstić information content (AvgIpc) is 3.04. The van der Waals surface area contributed by atoms with E-state index >= 15 is 0 Å². The van der Waals surface area contributed by atoms with E-state index in [1.54, 1.807) is 0 Å². The Morgan fingerprint density at radius 3 is 2.68 bits per heavy atom. The molecule has 7 heteroatoms. The van der Waals surface area contributed by atoms with Gasteiger partial charge >= 0.3 is 0 Å². The Kier molecular flexibility index (Phi) is 3.34. The predicted molar refractivity (Wildman–Crippen MR) is 83.0 cm³/mol. The number of fused-ring (bicyclic) bond motifs is 1. The number of nitrogens with one attached hydrogen (secondary N) is 1. The highest BCUT2D eigenvalue weighted by atomic mass is 16.5. The summed E-state index contributed by atoms with van der Waals surface area (Å²) in [5.41, 5.74) is 3.04. The van der Waals surface area contributed by atoms with Crippen LogP contribution in [0.2, 0.25) is 0 Å². The highest BCUT2D eigenvalue weighted by Crippen LogP contribution is 2.31. The van der Waals surface area contributed by atoms with Crippen molar-refractivity contribution in [2.75, 3.05) is 43.1 Å². The monoisotopic (exact) mass is 298 g/mol. The Morgan fingerprint density at radius 2 is 1.91 bits per heavy atom. The Hall–Kier alpha value is -2.28. The highest BCUT2D eigenvalue weighted by molar-refractivity contribution is 5.71. The number of ether oxygens (including phenoxy) is 1. The van der Waals surface area contributed by atoms with Crippen molar-refractivity contribution in [3.8, 4) is 11.3 Å². The van der Waals surface area contributed by atoms with Crippen molar-refractivity contribution in [3.05, 3.63) is 23.8 Å². The van der Waals surface area contributed by atoms with Gasteiger partial charge in [-0.25, -0.2) is 15.0 Å². The maximum Gasteiger partial charge on any atom is 0.228 e. The normalized spacial score (nSPS) is 17.2. The van der Waals surface area contributed by atoms with Gasteiger partial charge in [-0.2, -0.15) is 4.98 Å². The Balaban J connectivity index is 1.79. The fourth-order valence-corrected chi connectivity index (χ4v) is 2.82. The van der Waals surface area contributed by atoms with E-state index in [4.69, 9.17) is 9.72 Å². The minimum atomic E-state index is 0.719. The van der Waals surface area contributed by atoms with E-state index in [-0.39, 0.29) is 0 Å². The largest absolute Gasteiger partial charge is 0.378 e. The third-order valence-electron chi connectivity index (χ3n) is 4.01. The van der Waals surface area contributed by atoms with Gasteiger partial charge in [-0.15, -0.1) is 0 Å².